The average molecular weight is 187 g/mol. The van der Waals surface area contributed by atoms with Crippen LogP contribution in [0.25, 0.3) is 0 Å². The van der Waals surface area contributed by atoms with Crippen LogP contribution in [0.1, 0.15) is 31.2 Å². The highest BCUT2D eigenvalue weighted by Gasteiger charge is 2.50. The van der Waals surface area contributed by atoms with E-state index in [2.05, 4.69) is 35.6 Å². The molecule has 1 saturated heterocycles. The van der Waals surface area contributed by atoms with Gasteiger partial charge in [-0.1, -0.05) is 30.3 Å². The van der Waals surface area contributed by atoms with Gasteiger partial charge in [0.1, 0.15) is 0 Å². The highest BCUT2D eigenvalue weighted by Crippen LogP contribution is 2.52. The molecule has 1 atom stereocenters. The maximum Gasteiger partial charge on any atom is 0.0164 e. The summed E-state index contributed by atoms with van der Waals surface area (Å²) in [4.78, 5) is 0. The highest BCUT2D eigenvalue weighted by atomic mass is 15.0. The van der Waals surface area contributed by atoms with Crippen LogP contribution >= 0.6 is 0 Å². The third-order valence-electron chi connectivity index (χ3n) is 3.86. The van der Waals surface area contributed by atoms with Crippen LogP contribution in [-0.2, 0) is 5.41 Å². The Kier molecular flexibility index (Phi) is 1.88. The topological polar surface area (TPSA) is 12.0 Å². The van der Waals surface area contributed by atoms with Gasteiger partial charge in [0.25, 0.3) is 0 Å². The lowest BCUT2D eigenvalue weighted by Crippen LogP contribution is -2.34. The third kappa shape index (κ3) is 1.19. The summed E-state index contributed by atoms with van der Waals surface area (Å²) in [6.07, 6.45) is 5.50. The molecule has 1 aromatic carbocycles. The molecule has 1 aromatic rings. The fourth-order valence-corrected chi connectivity index (χ4v) is 2.90. The Balaban J connectivity index is 1.89. The van der Waals surface area contributed by atoms with E-state index >= 15 is 0 Å². The van der Waals surface area contributed by atoms with Gasteiger partial charge in [-0.15, -0.1) is 0 Å². The molecule has 74 valence electrons. The number of rotatable bonds is 2. The van der Waals surface area contributed by atoms with Gasteiger partial charge in [0.15, 0.2) is 0 Å². The van der Waals surface area contributed by atoms with Crippen molar-refractivity contribution in [1.82, 2.24) is 5.32 Å². The average Bonchev–Trinajstić information content (AvgIpc) is 2.88. The molecule has 0 radical (unpaired) electrons. The number of nitrogens with one attached hydrogen (secondary N) is 1. The van der Waals surface area contributed by atoms with E-state index in [1.165, 1.54) is 32.2 Å². The van der Waals surface area contributed by atoms with Gasteiger partial charge >= 0.3 is 0 Å². The number of hydrogen-bond donors (Lipinski definition) is 1. The van der Waals surface area contributed by atoms with Crippen LogP contribution in [0.2, 0.25) is 0 Å². The van der Waals surface area contributed by atoms with Crippen molar-refractivity contribution in [3.8, 4) is 0 Å². The number of hydrogen-bond acceptors (Lipinski definition) is 1. The van der Waals surface area contributed by atoms with Gasteiger partial charge in [0, 0.05) is 11.5 Å². The molecule has 2 aliphatic rings. The molecule has 0 amide bonds. The molecule has 3 rings (SSSR count). The van der Waals surface area contributed by atoms with E-state index in [0.29, 0.717) is 5.41 Å². The summed E-state index contributed by atoms with van der Waals surface area (Å²) in [5, 5.41) is 3.66. The molecule has 0 spiro atoms. The van der Waals surface area contributed by atoms with Crippen molar-refractivity contribution in [2.24, 2.45) is 0 Å². The lowest BCUT2D eigenvalue weighted by Gasteiger charge is -2.23. The van der Waals surface area contributed by atoms with Crippen molar-refractivity contribution in [3.05, 3.63) is 35.9 Å². The molecule has 1 aliphatic heterocycles. The Morgan fingerprint density at radius 3 is 2.50 bits per heavy atom. The second kappa shape index (κ2) is 3.09. The second-order valence-electron chi connectivity index (χ2n) is 4.67. The first-order chi connectivity index (χ1) is 6.92. The van der Waals surface area contributed by atoms with Gasteiger partial charge in [0.05, 0.1) is 0 Å². The molecule has 2 fully saturated rings. The van der Waals surface area contributed by atoms with Crippen LogP contribution in [0.5, 0.6) is 0 Å². The largest absolute Gasteiger partial charge is 0.313 e. The van der Waals surface area contributed by atoms with Crippen LogP contribution in [0.3, 0.4) is 0 Å². The Morgan fingerprint density at radius 2 is 1.93 bits per heavy atom. The predicted octanol–water partition coefficient (Wildman–Crippen LogP) is 2.47. The summed E-state index contributed by atoms with van der Waals surface area (Å²) in [6.45, 7) is 1.22. The molecule has 1 saturated carbocycles. The van der Waals surface area contributed by atoms with Gasteiger partial charge < -0.3 is 5.32 Å². The van der Waals surface area contributed by atoms with Crippen LogP contribution in [0.4, 0.5) is 0 Å². The molecule has 1 aliphatic carbocycles. The molecular weight excluding hydrogens is 170 g/mol. The fraction of sp³-hybridized carbons (Fsp3) is 0.538. The smallest absolute Gasteiger partial charge is 0.0164 e. The van der Waals surface area contributed by atoms with Crippen molar-refractivity contribution in [2.75, 3.05) is 6.54 Å². The Morgan fingerprint density at radius 1 is 1.14 bits per heavy atom. The van der Waals surface area contributed by atoms with E-state index in [4.69, 9.17) is 0 Å². The number of benzene rings is 1. The normalized spacial score (nSPS) is 29.0. The zero-order valence-corrected chi connectivity index (χ0v) is 8.50. The van der Waals surface area contributed by atoms with E-state index in [9.17, 15) is 0 Å². The quantitative estimate of drug-likeness (QED) is 0.750. The fourth-order valence-electron chi connectivity index (χ4n) is 2.90. The minimum absolute atomic E-state index is 0.512. The van der Waals surface area contributed by atoms with Gasteiger partial charge in [-0.2, -0.15) is 0 Å². The van der Waals surface area contributed by atoms with Crippen LogP contribution in [0.15, 0.2) is 30.3 Å². The lowest BCUT2D eigenvalue weighted by atomic mass is 9.87. The molecule has 0 aromatic heterocycles. The van der Waals surface area contributed by atoms with Crippen LogP contribution < -0.4 is 5.32 Å². The van der Waals surface area contributed by atoms with Crippen LogP contribution in [0, 0.1) is 0 Å². The van der Waals surface area contributed by atoms with E-state index in [1.807, 2.05) is 0 Å². The molecule has 1 heterocycles. The first-order valence-corrected chi connectivity index (χ1v) is 5.71. The van der Waals surface area contributed by atoms with Crippen molar-refractivity contribution in [3.63, 3.8) is 0 Å². The van der Waals surface area contributed by atoms with Crippen LogP contribution in [-0.4, -0.2) is 12.6 Å². The maximum absolute atomic E-state index is 3.66. The first kappa shape index (κ1) is 8.49. The predicted molar refractivity (Wildman–Crippen MR) is 58.4 cm³/mol. The molecule has 1 heteroatoms. The van der Waals surface area contributed by atoms with Gasteiger partial charge in [-0.3, -0.25) is 0 Å². The Hall–Kier alpha value is -0.820. The lowest BCUT2D eigenvalue weighted by molar-refractivity contribution is 0.473. The van der Waals surface area contributed by atoms with E-state index in [-0.39, 0.29) is 0 Å². The molecular formula is C13H17N. The van der Waals surface area contributed by atoms with E-state index in [0.717, 1.165) is 6.04 Å². The second-order valence-corrected chi connectivity index (χ2v) is 4.67. The zero-order valence-electron chi connectivity index (χ0n) is 8.50. The standard InChI is InChI=1S/C13H17N/c1-2-5-11(6-3-1)13(8-9-13)12-7-4-10-14-12/h1-3,5-6,12,14H,4,7-10H2. The Bertz CT molecular complexity index is 307. The van der Waals surface area contributed by atoms with Crippen molar-refractivity contribution in [2.45, 2.75) is 37.1 Å². The molecule has 0 bridgehead atoms. The molecule has 1 unspecified atom stereocenters. The summed E-state index contributed by atoms with van der Waals surface area (Å²) >= 11 is 0. The SMILES string of the molecule is c1ccc(C2(C3CCCN3)CC2)cc1. The van der Waals surface area contributed by atoms with Crippen molar-refractivity contribution < 1.29 is 0 Å². The molecule has 1 N–H and O–H groups in total. The summed E-state index contributed by atoms with van der Waals surface area (Å²) in [5.41, 5.74) is 2.07. The summed E-state index contributed by atoms with van der Waals surface area (Å²) in [6, 6.07) is 11.8. The summed E-state index contributed by atoms with van der Waals surface area (Å²) in [7, 11) is 0. The van der Waals surface area contributed by atoms with Gasteiger partial charge in [-0.25, -0.2) is 0 Å². The highest BCUT2D eigenvalue weighted by molar-refractivity contribution is 5.34. The third-order valence-corrected chi connectivity index (χ3v) is 3.86. The zero-order chi connectivity index (χ0) is 9.43. The molecule has 1 nitrogen and oxygen atoms in total. The van der Waals surface area contributed by atoms with E-state index < -0.39 is 0 Å². The van der Waals surface area contributed by atoms with Crippen molar-refractivity contribution >= 4 is 0 Å². The van der Waals surface area contributed by atoms with Gasteiger partial charge in [0.2, 0.25) is 0 Å². The molecule has 14 heavy (non-hydrogen) atoms. The van der Waals surface area contributed by atoms with E-state index in [1.54, 1.807) is 5.56 Å². The van der Waals surface area contributed by atoms with Gasteiger partial charge in [-0.05, 0) is 37.8 Å². The minimum Gasteiger partial charge on any atom is -0.313 e. The summed E-state index contributed by atoms with van der Waals surface area (Å²) in [5.74, 6) is 0. The van der Waals surface area contributed by atoms with Crippen molar-refractivity contribution in [1.29, 1.82) is 0 Å². The minimum atomic E-state index is 0.512. The summed E-state index contributed by atoms with van der Waals surface area (Å²) < 4.78 is 0. The maximum atomic E-state index is 3.66. The first-order valence-electron chi connectivity index (χ1n) is 5.71. The monoisotopic (exact) mass is 187 g/mol. The Labute approximate surface area is 85.5 Å².